The van der Waals surface area contributed by atoms with Gasteiger partial charge < -0.3 is 19.9 Å². The molecule has 1 atom stereocenters. The van der Waals surface area contributed by atoms with Crippen LogP contribution >= 0.6 is 0 Å². The van der Waals surface area contributed by atoms with E-state index in [1.807, 2.05) is 18.2 Å². The summed E-state index contributed by atoms with van der Waals surface area (Å²) in [5.41, 5.74) is 1.22. The predicted octanol–water partition coefficient (Wildman–Crippen LogP) is 3.96. The second kappa shape index (κ2) is 10.3. The largest absolute Gasteiger partial charge is 0.480 e. The third-order valence-electron chi connectivity index (χ3n) is 3.82. The van der Waals surface area contributed by atoms with Gasteiger partial charge in [0.2, 0.25) is 0 Å². The van der Waals surface area contributed by atoms with Gasteiger partial charge in [0.15, 0.2) is 0 Å². The van der Waals surface area contributed by atoms with Crippen LogP contribution in [0, 0.1) is 0 Å². The van der Waals surface area contributed by atoms with E-state index in [0.717, 1.165) is 5.56 Å². The lowest BCUT2D eigenvalue weighted by Gasteiger charge is -2.20. The van der Waals surface area contributed by atoms with Crippen LogP contribution in [-0.4, -0.2) is 34.9 Å². The standard InChI is InChI=1S/C22H26N2O6/c1-22(2,3)30-21(28)23-17-11-7-10-16(12-17)13-18(19(25)26)24-20(27)29-14-15-8-5-4-6-9-15/h4-12,18H,13-14H2,1-3H3,(H,23,28)(H,24,27)(H,25,26)/t18-/m0/s1. The lowest BCUT2D eigenvalue weighted by atomic mass is 10.1. The minimum Gasteiger partial charge on any atom is -0.480 e. The van der Waals surface area contributed by atoms with E-state index in [4.69, 9.17) is 9.47 Å². The van der Waals surface area contributed by atoms with Crippen molar-refractivity contribution in [2.75, 3.05) is 5.32 Å². The monoisotopic (exact) mass is 414 g/mol. The van der Waals surface area contributed by atoms with Crippen molar-refractivity contribution in [3.8, 4) is 0 Å². The lowest BCUT2D eigenvalue weighted by molar-refractivity contribution is -0.139. The Kier molecular flexibility index (Phi) is 7.80. The third kappa shape index (κ3) is 8.22. The molecular weight excluding hydrogens is 388 g/mol. The second-order valence-corrected chi connectivity index (χ2v) is 7.63. The van der Waals surface area contributed by atoms with Gasteiger partial charge in [-0.05, 0) is 44.0 Å². The first-order valence-electron chi connectivity index (χ1n) is 9.41. The Balaban J connectivity index is 1.95. The molecule has 2 amide bonds. The molecule has 30 heavy (non-hydrogen) atoms. The van der Waals surface area contributed by atoms with Crippen molar-refractivity contribution in [1.29, 1.82) is 0 Å². The number of nitrogens with one attached hydrogen (secondary N) is 2. The number of hydrogen-bond acceptors (Lipinski definition) is 5. The molecule has 0 saturated carbocycles. The van der Waals surface area contributed by atoms with Crippen LogP contribution < -0.4 is 10.6 Å². The summed E-state index contributed by atoms with van der Waals surface area (Å²) in [7, 11) is 0. The number of amides is 2. The molecule has 2 rings (SSSR count). The first-order chi connectivity index (χ1) is 14.1. The fraction of sp³-hybridized carbons (Fsp3) is 0.318. The van der Waals surface area contributed by atoms with Crippen LogP contribution in [0.1, 0.15) is 31.9 Å². The van der Waals surface area contributed by atoms with Crippen LogP contribution in [0.4, 0.5) is 15.3 Å². The highest BCUT2D eigenvalue weighted by molar-refractivity contribution is 5.85. The van der Waals surface area contributed by atoms with E-state index in [1.165, 1.54) is 0 Å². The van der Waals surface area contributed by atoms with Gasteiger partial charge in [0.25, 0.3) is 0 Å². The van der Waals surface area contributed by atoms with Crippen molar-refractivity contribution in [1.82, 2.24) is 5.32 Å². The van der Waals surface area contributed by atoms with Crippen molar-refractivity contribution in [2.24, 2.45) is 0 Å². The van der Waals surface area contributed by atoms with Gasteiger partial charge in [0, 0.05) is 12.1 Å². The summed E-state index contributed by atoms with van der Waals surface area (Å²) < 4.78 is 10.3. The number of benzene rings is 2. The maximum absolute atomic E-state index is 12.0. The Hall–Kier alpha value is -3.55. The highest BCUT2D eigenvalue weighted by atomic mass is 16.6. The number of anilines is 1. The number of hydrogen-bond donors (Lipinski definition) is 3. The number of carboxylic acid groups (broad SMARTS) is 1. The summed E-state index contributed by atoms with van der Waals surface area (Å²) in [5.74, 6) is -1.20. The van der Waals surface area contributed by atoms with Crippen molar-refractivity contribution in [2.45, 2.75) is 45.4 Å². The average molecular weight is 414 g/mol. The number of ether oxygens (including phenoxy) is 2. The van der Waals surface area contributed by atoms with Crippen LogP contribution in [0.3, 0.4) is 0 Å². The van der Waals surface area contributed by atoms with Crippen molar-refractivity contribution < 1.29 is 29.0 Å². The van der Waals surface area contributed by atoms with Gasteiger partial charge in [0.1, 0.15) is 18.2 Å². The zero-order valence-electron chi connectivity index (χ0n) is 17.2. The van der Waals surface area contributed by atoms with Gasteiger partial charge in [-0.25, -0.2) is 14.4 Å². The van der Waals surface area contributed by atoms with Crippen molar-refractivity contribution in [3.05, 3.63) is 65.7 Å². The molecule has 8 nitrogen and oxygen atoms in total. The molecule has 0 aliphatic heterocycles. The molecule has 2 aromatic rings. The zero-order valence-corrected chi connectivity index (χ0v) is 17.2. The van der Waals surface area contributed by atoms with Crippen molar-refractivity contribution in [3.63, 3.8) is 0 Å². The first kappa shape index (κ1) is 22.7. The molecule has 0 fully saturated rings. The molecule has 160 valence electrons. The summed E-state index contributed by atoms with van der Waals surface area (Å²) in [6, 6.07) is 14.5. The maximum atomic E-state index is 12.0. The first-order valence-corrected chi connectivity index (χ1v) is 9.41. The normalized spacial score (nSPS) is 11.8. The van der Waals surface area contributed by atoms with Crippen LogP contribution in [0.2, 0.25) is 0 Å². The SMILES string of the molecule is CC(C)(C)OC(=O)Nc1cccc(C[C@H](NC(=O)OCc2ccccc2)C(=O)O)c1. The number of carbonyl (C=O) groups is 3. The Bertz CT molecular complexity index is 877. The van der Waals surface area contributed by atoms with Gasteiger partial charge in [-0.15, -0.1) is 0 Å². The highest BCUT2D eigenvalue weighted by Gasteiger charge is 2.22. The molecule has 0 unspecified atom stereocenters. The minimum atomic E-state index is -1.20. The van der Waals surface area contributed by atoms with Gasteiger partial charge in [0.05, 0.1) is 0 Å². The Morgan fingerprint density at radius 1 is 0.967 bits per heavy atom. The number of alkyl carbamates (subject to hydrolysis) is 1. The molecule has 0 aliphatic rings. The van der Waals surface area contributed by atoms with E-state index in [0.29, 0.717) is 11.3 Å². The van der Waals surface area contributed by atoms with E-state index in [9.17, 15) is 19.5 Å². The van der Waals surface area contributed by atoms with Crippen LogP contribution in [0.15, 0.2) is 54.6 Å². The Morgan fingerprint density at radius 3 is 2.27 bits per heavy atom. The van der Waals surface area contributed by atoms with Gasteiger partial charge >= 0.3 is 18.2 Å². The second-order valence-electron chi connectivity index (χ2n) is 7.63. The summed E-state index contributed by atoms with van der Waals surface area (Å²) >= 11 is 0. The number of aliphatic carboxylic acids is 1. The molecule has 0 spiro atoms. The van der Waals surface area contributed by atoms with E-state index >= 15 is 0 Å². The van der Waals surface area contributed by atoms with Gasteiger partial charge in [-0.3, -0.25) is 5.32 Å². The summed E-state index contributed by atoms with van der Waals surface area (Å²) in [6.07, 6.45) is -1.43. The maximum Gasteiger partial charge on any atom is 0.412 e. The minimum absolute atomic E-state index is 0.0135. The van der Waals surface area contributed by atoms with Crippen LogP contribution in [-0.2, 0) is 27.3 Å². The molecule has 0 saturated heterocycles. The van der Waals surface area contributed by atoms with Crippen molar-refractivity contribution >= 4 is 23.8 Å². The quantitative estimate of drug-likeness (QED) is 0.632. The smallest absolute Gasteiger partial charge is 0.412 e. The number of carboxylic acids is 1. The van der Waals surface area contributed by atoms with E-state index < -0.39 is 29.8 Å². The molecule has 0 bridgehead atoms. The van der Waals surface area contributed by atoms with E-state index in [2.05, 4.69) is 10.6 Å². The molecule has 3 N–H and O–H groups in total. The fourth-order valence-corrected chi connectivity index (χ4v) is 2.54. The molecule has 0 heterocycles. The number of rotatable bonds is 7. The molecule has 8 heteroatoms. The summed E-state index contributed by atoms with van der Waals surface area (Å²) in [6.45, 7) is 5.29. The predicted molar refractivity (Wildman–Crippen MR) is 111 cm³/mol. The highest BCUT2D eigenvalue weighted by Crippen LogP contribution is 2.15. The fourth-order valence-electron chi connectivity index (χ4n) is 2.54. The topological polar surface area (TPSA) is 114 Å². The summed E-state index contributed by atoms with van der Waals surface area (Å²) in [4.78, 5) is 35.5. The molecule has 2 aromatic carbocycles. The summed E-state index contributed by atoms with van der Waals surface area (Å²) in [5, 5.41) is 14.4. The number of carbonyl (C=O) groups excluding carboxylic acids is 2. The Labute approximate surface area is 175 Å². The van der Waals surface area contributed by atoms with E-state index in [1.54, 1.807) is 57.2 Å². The van der Waals surface area contributed by atoms with Gasteiger partial charge in [-0.1, -0.05) is 42.5 Å². The zero-order chi connectivity index (χ0) is 22.1. The molecule has 0 aliphatic carbocycles. The van der Waals surface area contributed by atoms with E-state index in [-0.39, 0.29) is 13.0 Å². The van der Waals surface area contributed by atoms with Gasteiger partial charge in [-0.2, -0.15) is 0 Å². The molecule has 0 radical (unpaired) electrons. The molecular formula is C22H26N2O6. The Morgan fingerprint density at radius 2 is 1.63 bits per heavy atom. The third-order valence-corrected chi connectivity index (χ3v) is 3.82. The average Bonchev–Trinajstić information content (AvgIpc) is 2.65. The van der Waals surface area contributed by atoms with Crippen LogP contribution in [0.5, 0.6) is 0 Å². The lowest BCUT2D eigenvalue weighted by Crippen LogP contribution is -2.42. The van der Waals surface area contributed by atoms with Crippen LogP contribution in [0.25, 0.3) is 0 Å². The molecule has 0 aromatic heterocycles.